The zero-order valence-corrected chi connectivity index (χ0v) is 8.21. The van der Waals surface area contributed by atoms with Gasteiger partial charge in [0.05, 0.1) is 11.7 Å². The molecule has 0 bridgehead atoms. The molecule has 0 fully saturated rings. The molecule has 2 rings (SSSR count). The van der Waals surface area contributed by atoms with E-state index in [1.54, 1.807) is 0 Å². The molecule has 0 amide bonds. The molecule has 1 aromatic rings. The Balaban J connectivity index is 2.30. The minimum Gasteiger partial charge on any atom is -0.359 e. The molecule has 1 aromatic heterocycles. The Morgan fingerprint density at radius 3 is 2.85 bits per heavy atom. The van der Waals surface area contributed by atoms with Crippen molar-refractivity contribution in [2.75, 3.05) is 0 Å². The van der Waals surface area contributed by atoms with Crippen LogP contribution in [0.1, 0.15) is 43.3 Å². The topological polar surface area (TPSA) is 52.0 Å². The summed E-state index contributed by atoms with van der Waals surface area (Å²) in [5.41, 5.74) is 8.43. The fraction of sp³-hybridized carbons (Fsp3) is 0.700. The monoisotopic (exact) mass is 180 g/mol. The lowest BCUT2D eigenvalue weighted by Crippen LogP contribution is -2.17. The summed E-state index contributed by atoms with van der Waals surface area (Å²) in [5, 5.41) is 4.05. The molecule has 1 heterocycles. The highest BCUT2D eigenvalue weighted by atomic mass is 16.5. The van der Waals surface area contributed by atoms with Gasteiger partial charge >= 0.3 is 0 Å². The number of aryl methyl sites for hydroxylation is 1. The lowest BCUT2D eigenvalue weighted by atomic mass is 9.99. The van der Waals surface area contributed by atoms with E-state index >= 15 is 0 Å². The van der Waals surface area contributed by atoms with Gasteiger partial charge in [0.15, 0.2) is 5.76 Å². The number of aromatic nitrogens is 1. The summed E-state index contributed by atoms with van der Waals surface area (Å²) in [6, 6.07) is 0.00866. The van der Waals surface area contributed by atoms with Gasteiger partial charge in [-0.05, 0) is 25.2 Å². The smallest absolute Gasteiger partial charge is 0.157 e. The van der Waals surface area contributed by atoms with Crippen molar-refractivity contribution in [1.29, 1.82) is 0 Å². The Hall–Kier alpha value is -0.830. The number of hydrogen-bond acceptors (Lipinski definition) is 3. The largest absolute Gasteiger partial charge is 0.359 e. The van der Waals surface area contributed by atoms with Crippen molar-refractivity contribution in [3.63, 3.8) is 0 Å². The highest BCUT2D eigenvalue weighted by molar-refractivity contribution is 5.29. The van der Waals surface area contributed by atoms with E-state index in [4.69, 9.17) is 10.3 Å². The van der Waals surface area contributed by atoms with Crippen LogP contribution in [0.5, 0.6) is 0 Å². The number of fused-ring (bicyclic) bond motifs is 1. The maximum absolute atomic E-state index is 6.02. The van der Waals surface area contributed by atoms with E-state index in [2.05, 4.69) is 19.0 Å². The van der Waals surface area contributed by atoms with Gasteiger partial charge in [-0.2, -0.15) is 0 Å². The van der Waals surface area contributed by atoms with Gasteiger partial charge in [-0.1, -0.05) is 19.0 Å². The summed E-state index contributed by atoms with van der Waals surface area (Å²) in [5.74, 6) is 1.33. The predicted molar refractivity (Wildman–Crippen MR) is 50.3 cm³/mol. The summed E-state index contributed by atoms with van der Waals surface area (Å²) >= 11 is 0. The van der Waals surface area contributed by atoms with Crippen LogP contribution in [0, 0.1) is 5.92 Å². The second-order valence-corrected chi connectivity index (χ2v) is 4.10. The normalized spacial score (nSPS) is 17.8. The molecule has 3 heteroatoms. The van der Waals surface area contributed by atoms with Crippen LogP contribution in [0.15, 0.2) is 4.52 Å². The second kappa shape index (κ2) is 3.14. The maximum Gasteiger partial charge on any atom is 0.157 e. The number of nitrogens with two attached hydrogens (primary N) is 1. The molecule has 1 aliphatic rings. The third-order valence-corrected chi connectivity index (χ3v) is 2.76. The van der Waals surface area contributed by atoms with Crippen molar-refractivity contribution in [3.8, 4) is 0 Å². The van der Waals surface area contributed by atoms with Gasteiger partial charge in [-0.25, -0.2) is 0 Å². The summed E-state index contributed by atoms with van der Waals surface area (Å²) < 4.78 is 5.29. The first-order valence-electron chi connectivity index (χ1n) is 4.93. The molecule has 0 aromatic carbocycles. The summed E-state index contributed by atoms with van der Waals surface area (Å²) in [6.45, 7) is 4.21. The van der Waals surface area contributed by atoms with Gasteiger partial charge in [-0.3, -0.25) is 0 Å². The van der Waals surface area contributed by atoms with Gasteiger partial charge in [0.2, 0.25) is 0 Å². The SMILES string of the molecule is CC(C)[C@H](N)c1onc2c1CCC2. The van der Waals surface area contributed by atoms with Crippen LogP contribution in [0.3, 0.4) is 0 Å². The van der Waals surface area contributed by atoms with Crippen LogP contribution in [0.4, 0.5) is 0 Å². The first kappa shape index (κ1) is 8.75. The van der Waals surface area contributed by atoms with Gasteiger partial charge in [0.25, 0.3) is 0 Å². The summed E-state index contributed by atoms with van der Waals surface area (Å²) in [6.07, 6.45) is 3.35. The molecular weight excluding hydrogens is 164 g/mol. The minimum atomic E-state index is 0.00866. The number of nitrogens with zero attached hydrogens (tertiary/aromatic N) is 1. The van der Waals surface area contributed by atoms with E-state index < -0.39 is 0 Å². The molecule has 0 saturated heterocycles. The van der Waals surface area contributed by atoms with Crippen LogP contribution >= 0.6 is 0 Å². The first-order chi connectivity index (χ1) is 6.20. The molecule has 1 atom stereocenters. The van der Waals surface area contributed by atoms with E-state index in [9.17, 15) is 0 Å². The predicted octanol–water partition coefficient (Wildman–Crippen LogP) is 1.82. The van der Waals surface area contributed by atoms with Gasteiger partial charge in [0, 0.05) is 5.56 Å². The Kier molecular flexibility index (Phi) is 2.12. The van der Waals surface area contributed by atoms with Crippen molar-refractivity contribution in [3.05, 3.63) is 17.0 Å². The molecule has 13 heavy (non-hydrogen) atoms. The zero-order valence-electron chi connectivity index (χ0n) is 8.21. The van der Waals surface area contributed by atoms with Crippen molar-refractivity contribution >= 4 is 0 Å². The third kappa shape index (κ3) is 1.37. The highest BCUT2D eigenvalue weighted by Gasteiger charge is 2.25. The molecule has 3 nitrogen and oxygen atoms in total. The van der Waals surface area contributed by atoms with Gasteiger partial charge in [-0.15, -0.1) is 0 Å². The molecule has 0 saturated carbocycles. The Morgan fingerprint density at radius 2 is 2.15 bits per heavy atom. The van der Waals surface area contributed by atoms with Crippen molar-refractivity contribution in [2.24, 2.45) is 11.7 Å². The first-order valence-corrected chi connectivity index (χ1v) is 4.93. The van der Waals surface area contributed by atoms with Crippen LogP contribution < -0.4 is 5.73 Å². The van der Waals surface area contributed by atoms with E-state index in [0.29, 0.717) is 5.92 Å². The highest BCUT2D eigenvalue weighted by Crippen LogP contribution is 2.30. The van der Waals surface area contributed by atoms with Crippen molar-refractivity contribution in [2.45, 2.75) is 39.2 Å². The Labute approximate surface area is 78.3 Å². The maximum atomic E-state index is 6.02. The van der Waals surface area contributed by atoms with Crippen LogP contribution in [0.2, 0.25) is 0 Å². The molecule has 2 N–H and O–H groups in total. The Bertz CT molecular complexity index is 304. The van der Waals surface area contributed by atoms with E-state index in [0.717, 1.165) is 24.3 Å². The fourth-order valence-electron chi connectivity index (χ4n) is 1.82. The summed E-state index contributed by atoms with van der Waals surface area (Å²) in [4.78, 5) is 0. The lowest BCUT2D eigenvalue weighted by Gasteiger charge is -2.12. The minimum absolute atomic E-state index is 0.00866. The second-order valence-electron chi connectivity index (χ2n) is 4.10. The van der Waals surface area contributed by atoms with Crippen LogP contribution in [0.25, 0.3) is 0 Å². The number of hydrogen-bond donors (Lipinski definition) is 1. The van der Waals surface area contributed by atoms with E-state index in [1.807, 2.05) is 0 Å². The fourth-order valence-corrected chi connectivity index (χ4v) is 1.82. The Morgan fingerprint density at radius 1 is 1.38 bits per heavy atom. The average Bonchev–Trinajstić information content (AvgIpc) is 2.61. The molecule has 0 unspecified atom stereocenters. The van der Waals surface area contributed by atoms with Crippen molar-refractivity contribution < 1.29 is 4.52 Å². The molecule has 0 spiro atoms. The summed E-state index contributed by atoms with van der Waals surface area (Å²) in [7, 11) is 0. The molecule has 1 aliphatic carbocycles. The van der Waals surface area contributed by atoms with Crippen LogP contribution in [-0.4, -0.2) is 5.16 Å². The average molecular weight is 180 g/mol. The van der Waals surface area contributed by atoms with Crippen LogP contribution in [-0.2, 0) is 12.8 Å². The lowest BCUT2D eigenvalue weighted by molar-refractivity contribution is 0.325. The van der Waals surface area contributed by atoms with Gasteiger partial charge < -0.3 is 10.3 Å². The zero-order chi connectivity index (χ0) is 9.42. The van der Waals surface area contributed by atoms with E-state index in [-0.39, 0.29) is 6.04 Å². The standard InChI is InChI=1S/C10H16N2O/c1-6(2)9(11)10-7-4-3-5-8(7)12-13-10/h6,9H,3-5,11H2,1-2H3/t9-/m0/s1. The molecule has 72 valence electrons. The quantitative estimate of drug-likeness (QED) is 0.755. The van der Waals surface area contributed by atoms with Gasteiger partial charge in [0.1, 0.15) is 0 Å². The molecular formula is C10H16N2O. The molecule has 0 radical (unpaired) electrons. The van der Waals surface area contributed by atoms with E-state index in [1.165, 1.54) is 12.0 Å². The number of rotatable bonds is 2. The van der Waals surface area contributed by atoms with Crippen molar-refractivity contribution in [1.82, 2.24) is 5.16 Å². The third-order valence-electron chi connectivity index (χ3n) is 2.76. The molecule has 0 aliphatic heterocycles.